The molecule has 19 heavy (non-hydrogen) atoms. The van der Waals surface area contributed by atoms with Crippen molar-refractivity contribution in [1.82, 2.24) is 0 Å². The van der Waals surface area contributed by atoms with Crippen molar-refractivity contribution in [2.45, 2.75) is 12.3 Å². The quantitative estimate of drug-likeness (QED) is 0.927. The Morgan fingerprint density at radius 1 is 1.42 bits per heavy atom. The zero-order valence-corrected chi connectivity index (χ0v) is 10.6. The fourth-order valence-electron chi connectivity index (χ4n) is 1.77. The van der Waals surface area contributed by atoms with Gasteiger partial charge >= 0.3 is 5.97 Å². The molecule has 0 saturated carbocycles. The second-order valence-electron chi connectivity index (χ2n) is 4.01. The van der Waals surface area contributed by atoms with Crippen molar-refractivity contribution in [3.8, 4) is 6.07 Å². The maximum absolute atomic E-state index is 10.7. The average Bonchev–Trinajstić information content (AvgIpc) is 2.84. The number of nitrogens with zero attached hydrogens (tertiary/aromatic N) is 1. The first kappa shape index (κ1) is 13.2. The number of nitriles is 1. The maximum Gasteiger partial charge on any atom is 0.371 e. The molecule has 5 heteroatoms. The highest BCUT2D eigenvalue weighted by Crippen LogP contribution is 2.24. The normalized spacial score (nSPS) is 11.8. The van der Waals surface area contributed by atoms with E-state index in [9.17, 15) is 10.1 Å². The molecule has 0 aliphatic heterocycles. The van der Waals surface area contributed by atoms with Gasteiger partial charge in [0.05, 0.1) is 12.0 Å². The monoisotopic (exact) mass is 275 g/mol. The van der Waals surface area contributed by atoms with Crippen molar-refractivity contribution >= 4 is 17.6 Å². The van der Waals surface area contributed by atoms with Crippen LogP contribution in [-0.4, -0.2) is 11.1 Å². The Bertz CT molecular complexity index is 642. The zero-order chi connectivity index (χ0) is 13.8. The lowest BCUT2D eigenvalue weighted by Crippen LogP contribution is -2.00. The summed E-state index contributed by atoms with van der Waals surface area (Å²) in [5, 5.41) is 18.5. The molecular weight excluding hydrogens is 266 g/mol. The molecule has 4 nitrogen and oxygen atoms in total. The minimum atomic E-state index is -1.12. The summed E-state index contributed by atoms with van der Waals surface area (Å²) in [7, 11) is 0. The van der Waals surface area contributed by atoms with Gasteiger partial charge in [-0.05, 0) is 29.8 Å². The van der Waals surface area contributed by atoms with Crippen LogP contribution >= 0.6 is 11.6 Å². The van der Waals surface area contributed by atoms with E-state index in [2.05, 4.69) is 6.07 Å². The number of carbonyl (C=O) groups is 1. The van der Waals surface area contributed by atoms with Crippen LogP contribution in [0, 0.1) is 11.3 Å². The van der Waals surface area contributed by atoms with Crippen LogP contribution in [0.15, 0.2) is 40.8 Å². The van der Waals surface area contributed by atoms with Gasteiger partial charge in [-0.25, -0.2) is 4.79 Å². The minimum Gasteiger partial charge on any atom is -0.475 e. The van der Waals surface area contributed by atoms with E-state index in [1.165, 1.54) is 6.07 Å². The number of aromatic carboxylic acids is 1. The summed E-state index contributed by atoms with van der Waals surface area (Å²) >= 11 is 5.88. The predicted molar refractivity (Wildman–Crippen MR) is 69.2 cm³/mol. The van der Waals surface area contributed by atoms with Crippen LogP contribution in [-0.2, 0) is 6.42 Å². The molecule has 1 unspecified atom stereocenters. The van der Waals surface area contributed by atoms with Crippen molar-refractivity contribution < 1.29 is 14.3 Å². The highest BCUT2D eigenvalue weighted by atomic mass is 35.5. The Labute approximate surface area is 114 Å². The van der Waals surface area contributed by atoms with Crippen molar-refractivity contribution in [2.24, 2.45) is 0 Å². The molecule has 1 heterocycles. The van der Waals surface area contributed by atoms with E-state index < -0.39 is 11.9 Å². The molecule has 0 aliphatic carbocycles. The second-order valence-corrected chi connectivity index (χ2v) is 4.45. The lowest BCUT2D eigenvalue weighted by atomic mass is 9.96. The van der Waals surface area contributed by atoms with Crippen molar-refractivity contribution in [3.63, 3.8) is 0 Å². The highest BCUT2D eigenvalue weighted by Gasteiger charge is 2.16. The fourth-order valence-corrected chi connectivity index (χ4v) is 1.96. The zero-order valence-electron chi connectivity index (χ0n) is 9.84. The number of benzene rings is 1. The third-order valence-corrected chi connectivity index (χ3v) is 2.92. The van der Waals surface area contributed by atoms with Gasteiger partial charge in [0.1, 0.15) is 5.76 Å². The van der Waals surface area contributed by atoms with Crippen LogP contribution in [0.5, 0.6) is 0 Å². The molecule has 1 aromatic carbocycles. The van der Waals surface area contributed by atoms with Gasteiger partial charge in [-0.2, -0.15) is 5.26 Å². The van der Waals surface area contributed by atoms with Gasteiger partial charge in [-0.1, -0.05) is 23.7 Å². The van der Waals surface area contributed by atoms with E-state index in [1.54, 1.807) is 30.3 Å². The molecule has 96 valence electrons. The van der Waals surface area contributed by atoms with Gasteiger partial charge in [0.15, 0.2) is 0 Å². The van der Waals surface area contributed by atoms with E-state index in [4.69, 9.17) is 21.1 Å². The Morgan fingerprint density at radius 2 is 2.21 bits per heavy atom. The molecule has 1 aromatic heterocycles. The van der Waals surface area contributed by atoms with Crippen LogP contribution < -0.4 is 0 Å². The Hall–Kier alpha value is -2.25. The average molecular weight is 276 g/mol. The molecular formula is C14H10ClNO3. The number of hydrogen-bond acceptors (Lipinski definition) is 3. The van der Waals surface area contributed by atoms with Gasteiger partial charge in [0, 0.05) is 11.4 Å². The third kappa shape index (κ3) is 3.15. The first-order valence-corrected chi connectivity index (χ1v) is 5.95. The molecule has 0 radical (unpaired) electrons. The number of carboxylic acids is 1. The van der Waals surface area contributed by atoms with Gasteiger partial charge < -0.3 is 9.52 Å². The first-order chi connectivity index (χ1) is 9.10. The molecule has 2 rings (SSSR count). The van der Waals surface area contributed by atoms with Crippen LogP contribution in [0.1, 0.15) is 27.8 Å². The molecule has 0 amide bonds. The number of hydrogen-bond donors (Lipinski definition) is 1. The largest absolute Gasteiger partial charge is 0.475 e. The predicted octanol–water partition coefficient (Wildman–Crippen LogP) is 3.48. The summed E-state index contributed by atoms with van der Waals surface area (Å²) in [6.07, 6.45) is 0.310. The Morgan fingerprint density at radius 3 is 2.79 bits per heavy atom. The summed E-state index contributed by atoms with van der Waals surface area (Å²) in [5.74, 6) is -1.21. The van der Waals surface area contributed by atoms with Gasteiger partial charge in [0.25, 0.3) is 0 Å². The number of halogens is 1. The number of furan rings is 1. The molecule has 0 spiro atoms. The fraction of sp³-hybridized carbons (Fsp3) is 0.143. The summed E-state index contributed by atoms with van der Waals surface area (Å²) in [4.78, 5) is 10.7. The van der Waals surface area contributed by atoms with Crippen molar-refractivity contribution in [2.75, 3.05) is 0 Å². The lowest BCUT2D eigenvalue weighted by molar-refractivity contribution is 0.0660. The second kappa shape index (κ2) is 5.59. The standard InChI is InChI=1S/C14H10ClNO3/c15-11-3-1-2-9(6-11)10(8-16)7-12-4-5-13(19-12)14(17)18/h1-6,10H,7H2,(H,17,18). The van der Waals surface area contributed by atoms with Crippen LogP contribution in [0.2, 0.25) is 5.02 Å². The number of carboxylic acid groups (broad SMARTS) is 1. The molecule has 0 aliphatic rings. The van der Waals surface area contributed by atoms with Crippen LogP contribution in [0.4, 0.5) is 0 Å². The Kier molecular flexibility index (Phi) is 3.88. The summed E-state index contributed by atoms with van der Waals surface area (Å²) < 4.78 is 5.15. The molecule has 1 atom stereocenters. The third-order valence-electron chi connectivity index (χ3n) is 2.68. The lowest BCUT2D eigenvalue weighted by Gasteiger charge is -2.07. The molecule has 0 bridgehead atoms. The van der Waals surface area contributed by atoms with E-state index >= 15 is 0 Å². The van der Waals surface area contributed by atoms with E-state index in [0.717, 1.165) is 5.56 Å². The molecule has 1 N–H and O–H groups in total. The summed E-state index contributed by atoms with van der Waals surface area (Å²) in [5.41, 5.74) is 0.781. The Balaban J connectivity index is 2.19. The van der Waals surface area contributed by atoms with Crippen molar-refractivity contribution in [1.29, 1.82) is 5.26 Å². The van der Waals surface area contributed by atoms with Gasteiger partial charge in [-0.3, -0.25) is 0 Å². The highest BCUT2D eigenvalue weighted by molar-refractivity contribution is 6.30. The van der Waals surface area contributed by atoms with E-state index in [1.807, 2.05) is 0 Å². The maximum atomic E-state index is 10.7. The molecule has 0 fully saturated rings. The minimum absolute atomic E-state index is 0.127. The van der Waals surface area contributed by atoms with Crippen LogP contribution in [0.25, 0.3) is 0 Å². The van der Waals surface area contributed by atoms with E-state index in [0.29, 0.717) is 17.2 Å². The molecule has 0 saturated heterocycles. The smallest absolute Gasteiger partial charge is 0.371 e. The summed E-state index contributed by atoms with van der Waals surface area (Å²) in [6.45, 7) is 0. The number of rotatable bonds is 4. The topological polar surface area (TPSA) is 74.2 Å². The SMILES string of the molecule is N#CC(Cc1ccc(C(=O)O)o1)c1cccc(Cl)c1. The van der Waals surface area contributed by atoms with E-state index in [-0.39, 0.29) is 5.76 Å². The summed E-state index contributed by atoms with van der Waals surface area (Å²) in [6, 6.07) is 12.1. The van der Waals surface area contributed by atoms with Gasteiger partial charge in [-0.15, -0.1) is 0 Å². The first-order valence-electron chi connectivity index (χ1n) is 5.57. The van der Waals surface area contributed by atoms with Crippen LogP contribution in [0.3, 0.4) is 0 Å². The molecule has 2 aromatic rings. The van der Waals surface area contributed by atoms with Crippen molar-refractivity contribution in [3.05, 3.63) is 58.5 Å². The van der Waals surface area contributed by atoms with Gasteiger partial charge in [0.2, 0.25) is 5.76 Å².